The first-order chi connectivity index (χ1) is 8.97. The molecule has 0 aliphatic rings. The molecule has 0 saturated carbocycles. The summed E-state index contributed by atoms with van der Waals surface area (Å²) < 4.78 is 0. The first-order valence-electron chi connectivity index (χ1n) is 5.97. The summed E-state index contributed by atoms with van der Waals surface area (Å²) in [6.45, 7) is 6.21. The highest BCUT2D eigenvalue weighted by Crippen LogP contribution is 2.34. The molecule has 2 rings (SSSR count). The summed E-state index contributed by atoms with van der Waals surface area (Å²) in [6, 6.07) is 11.0. The van der Waals surface area contributed by atoms with Crippen molar-refractivity contribution in [3.63, 3.8) is 0 Å². The Kier molecular flexibility index (Phi) is 3.90. The molecule has 0 saturated heterocycles. The van der Waals surface area contributed by atoms with Gasteiger partial charge in [0.2, 0.25) is 0 Å². The number of non-ortho nitro benzene ring substituents is 1. The van der Waals surface area contributed by atoms with Gasteiger partial charge in [-0.1, -0.05) is 35.5 Å². The van der Waals surface area contributed by atoms with Crippen LogP contribution in [0.4, 0.5) is 5.69 Å². The number of aryl methyl sites for hydroxylation is 3. The normalized spacial score (nSPS) is 10.5. The lowest BCUT2D eigenvalue weighted by atomic mass is 10.1. The van der Waals surface area contributed by atoms with Crippen LogP contribution in [-0.4, -0.2) is 4.92 Å². The smallest absolute Gasteiger partial charge is 0.258 e. The Labute approximate surface area is 116 Å². The third kappa shape index (κ3) is 3.15. The number of rotatable bonds is 3. The van der Waals surface area contributed by atoms with E-state index in [1.165, 1.54) is 27.7 Å². The molecule has 19 heavy (non-hydrogen) atoms. The van der Waals surface area contributed by atoms with Crippen molar-refractivity contribution in [3.8, 4) is 0 Å². The fourth-order valence-electron chi connectivity index (χ4n) is 2.11. The Morgan fingerprint density at radius 2 is 1.68 bits per heavy atom. The Morgan fingerprint density at radius 3 is 2.26 bits per heavy atom. The summed E-state index contributed by atoms with van der Waals surface area (Å²) in [5, 5.41) is 10.8. The van der Waals surface area contributed by atoms with E-state index in [0.29, 0.717) is 0 Å². The average molecular weight is 273 g/mol. The lowest BCUT2D eigenvalue weighted by molar-refractivity contribution is -0.385. The van der Waals surface area contributed by atoms with Crippen molar-refractivity contribution in [1.29, 1.82) is 0 Å². The molecule has 0 radical (unpaired) electrons. The minimum atomic E-state index is -0.362. The van der Waals surface area contributed by atoms with Crippen molar-refractivity contribution in [2.24, 2.45) is 0 Å². The van der Waals surface area contributed by atoms with Crippen molar-refractivity contribution < 1.29 is 4.92 Å². The second kappa shape index (κ2) is 5.45. The predicted octanol–water partition coefficient (Wildman–Crippen LogP) is 4.67. The first-order valence-corrected chi connectivity index (χ1v) is 6.79. The zero-order valence-electron chi connectivity index (χ0n) is 11.1. The van der Waals surface area contributed by atoms with Gasteiger partial charge in [0.05, 0.1) is 4.92 Å². The lowest BCUT2D eigenvalue weighted by Crippen LogP contribution is -1.89. The number of nitro benzene ring substituents is 1. The van der Waals surface area contributed by atoms with E-state index in [-0.39, 0.29) is 10.6 Å². The standard InChI is InChI=1S/C15H15NO2S/c1-10-7-11(2)15(12(3)8-10)19-14-6-4-5-13(9-14)16(17)18/h4-9H,1-3H3. The van der Waals surface area contributed by atoms with E-state index in [2.05, 4.69) is 32.9 Å². The molecule has 98 valence electrons. The summed E-state index contributed by atoms with van der Waals surface area (Å²) >= 11 is 1.58. The quantitative estimate of drug-likeness (QED) is 0.603. The minimum absolute atomic E-state index is 0.132. The molecule has 4 heteroatoms. The largest absolute Gasteiger partial charge is 0.270 e. The molecule has 3 nitrogen and oxygen atoms in total. The van der Waals surface area contributed by atoms with E-state index < -0.39 is 0 Å². The summed E-state index contributed by atoms with van der Waals surface area (Å²) in [4.78, 5) is 12.5. The highest BCUT2D eigenvalue weighted by Gasteiger charge is 2.09. The zero-order chi connectivity index (χ0) is 14.0. The van der Waals surface area contributed by atoms with E-state index >= 15 is 0 Å². The molecule has 0 aliphatic carbocycles. The maximum atomic E-state index is 10.8. The van der Waals surface area contributed by atoms with Gasteiger partial charge in [0, 0.05) is 21.9 Å². The molecule has 0 aliphatic heterocycles. The lowest BCUT2D eigenvalue weighted by Gasteiger charge is -2.10. The highest BCUT2D eigenvalue weighted by atomic mass is 32.2. The van der Waals surface area contributed by atoms with Gasteiger partial charge in [-0.05, 0) is 38.0 Å². The molecule has 0 amide bonds. The molecule has 0 aromatic heterocycles. The molecule has 0 heterocycles. The monoisotopic (exact) mass is 273 g/mol. The fraction of sp³-hybridized carbons (Fsp3) is 0.200. The maximum Gasteiger partial charge on any atom is 0.270 e. The summed E-state index contributed by atoms with van der Waals surface area (Å²) in [6.07, 6.45) is 0. The number of nitrogens with zero attached hydrogens (tertiary/aromatic N) is 1. The van der Waals surface area contributed by atoms with Crippen LogP contribution < -0.4 is 0 Å². The predicted molar refractivity (Wildman–Crippen MR) is 77.9 cm³/mol. The van der Waals surface area contributed by atoms with Crippen LogP contribution in [0.3, 0.4) is 0 Å². The topological polar surface area (TPSA) is 43.1 Å². The average Bonchev–Trinajstić information content (AvgIpc) is 2.34. The third-order valence-corrected chi connectivity index (χ3v) is 4.19. The zero-order valence-corrected chi connectivity index (χ0v) is 12.0. The third-order valence-electron chi connectivity index (χ3n) is 2.85. The summed E-state index contributed by atoms with van der Waals surface area (Å²) in [7, 11) is 0. The molecule has 0 atom stereocenters. The van der Waals surface area contributed by atoms with Crippen molar-refractivity contribution >= 4 is 17.4 Å². The number of hydrogen-bond donors (Lipinski definition) is 0. The van der Waals surface area contributed by atoms with Crippen LogP contribution in [0.25, 0.3) is 0 Å². The fourth-order valence-corrected chi connectivity index (χ4v) is 3.11. The molecule has 0 unspecified atom stereocenters. The van der Waals surface area contributed by atoms with Crippen molar-refractivity contribution in [3.05, 3.63) is 63.2 Å². The van der Waals surface area contributed by atoms with Gasteiger partial charge in [0.1, 0.15) is 0 Å². The van der Waals surface area contributed by atoms with E-state index in [1.54, 1.807) is 23.9 Å². The van der Waals surface area contributed by atoms with Crippen molar-refractivity contribution in [1.82, 2.24) is 0 Å². The molecule has 2 aromatic carbocycles. The molecular weight excluding hydrogens is 258 g/mol. The molecule has 0 spiro atoms. The number of nitro groups is 1. The van der Waals surface area contributed by atoms with Crippen molar-refractivity contribution in [2.45, 2.75) is 30.6 Å². The Bertz CT molecular complexity index is 615. The van der Waals surface area contributed by atoms with E-state index in [9.17, 15) is 10.1 Å². The van der Waals surface area contributed by atoms with Crippen LogP contribution in [-0.2, 0) is 0 Å². The van der Waals surface area contributed by atoms with Crippen LogP contribution in [0.2, 0.25) is 0 Å². The Balaban J connectivity index is 2.36. The van der Waals surface area contributed by atoms with Gasteiger partial charge in [-0.2, -0.15) is 0 Å². The SMILES string of the molecule is Cc1cc(C)c(Sc2cccc([N+](=O)[O-])c2)c(C)c1. The molecule has 2 aromatic rings. The van der Waals surface area contributed by atoms with Gasteiger partial charge in [0.15, 0.2) is 0 Å². The van der Waals surface area contributed by atoms with E-state index in [0.717, 1.165) is 4.90 Å². The Hall–Kier alpha value is -1.81. The van der Waals surface area contributed by atoms with Crippen LogP contribution in [0, 0.1) is 30.9 Å². The Morgan fingerprint density at radius 1 is 1.05 bits per heavy atom. The van der Waals surface area contributed by atoms with Gasteiger partial charge >= 0.3 is 0 Å². The van der Waals surface area contributed by atoms with Crippen molar-refractivity contribution in [2.75, 3.05) is 0 Å². The van der Waals surface area contributed by atoms with Crippen LogP contribution in [0.5, 0.6) is 0 Å². The summed E-state index contributed by atoms with van der Waals surface area (Å²) in [5.74, 6) is 0. The number of benzene rings is 2. The maximum absolute atomic E-state index is 10.8. The molecule has 0 fully saturated rings. The van der Waals surface area contributed by atoms with E-state index in [1.807, 2.05) is 6.07 Å². The van der Waals surface area contributed by atoms with Crippen LogP contribution in [0.1, 0.15) is 16.7 Å². The van der Waals surface area contributed by atoms with Gasteiger partial charge in [-0.15, -0.1) is 0 Å². The molecule has 0 N–H and O–H groups in total. The number of hydrogen-bond acceptors (Lipinski definition) is 3. The summed E-state index contributed by atoms with van der Waals surface area (Å²) in [5.41, 5.74) is 3.77. The second-order valence-electron chi connectivity index (χ2n) is 4.58. The van der Waals surface area contributed by atoms with Crippen LogP contribution in [0.15, 0.2) is 46.2 Å². The second-order valence-corrected chi connectivity index (χ2v) is 5.67. The van der Waals surface area contributed by atoms with Gasteiger partial charge < -0.3 is 0 Å². The van der Waals surface area contributed by atoms with Crippen LogP contribution >= 0.6 is 11.8 Å². The first kappa shape index (κ1) is 13.6. The van der Waals surface area contributed by atoms with E-state index in [4.69, 9.17) is 0 Å². The van der Waals surface area contributed by atoms with Gasteiger partial charge in [-0.3, -0.25) is 10.1 Å². The highest BCUT2D eigenvalue weighted by molar-refractivity contribution is 7.99. The minimum Gasteiger partial charge on any atom is -0.258 e. The van der Waals surface area contributed by atoms with Gasteiger partial charge in [0.25, 0.3) is 5.69 Å². The molecular formula is C15H15NO2S. The van der Waals surface area contributed by atoms with Gasteiger partial charge in [-0.25, -0.2) is 0 Å². The molecule has 0 bridgehead atoms.